The van der Waals surface area contributed by atoms with Crippen molar-refractivity contribution in [1.82, 2.24) is 5.32 Å². The minimum atomic E-state index is -0.308. The minimum absolute atomic E-state index is 0.0275. The zero-order valence-corrected chi connectivity index (χ0v) is 16.2. The molecule has 0 fully saturated rings. The lowest BCUT2D eigenvalue weighted by Gasteiger charge is -2.15. The van der Waals surface area contributed by atoms with Crippen LogP contribution in [0, 0.1) is 6.92 Å². The lowest BCUT2D eigenvalue weighted by atomic mass is 10.0. The highest BCUT2D eigenvalue weighted by Crippen LogP contribution is 2.19. The van der Waals surface area contributed by atoms with Crippen LogP contribution in [0.25, 0.3) is 0 Å². The van der Waals surface area contributed by atoms with E-state index in [0.717, 1.165) is 16.9 Å². The number of aryl methyl sites for hydroxylation is 1. The van der Waals surface area contributed by atoms with Gasteiger partial charge in [0.05, 0.1) is 11.1 Å². The minimum Gasteiger partial charge on any atom is -0.349 e. The van der Waals surface area contributed by atoms with Crippen molar-refractivity contribution < 1.29 is 9.59 Å². The summed E-state index contributed by atoms with van der Waals surface area (Å²) >= 11 is 1.66. The predicted molar refractivity (Wildman–Crippen MR) is 109 cm³/mol. The molecule has 2 aromatic carbocycles. The van der Waals surface area contributed by atoms with E-state index in [2.05, 4.69) is 10.6 Å². The van der Waals surface area contributed by atoms with Gasteiger partial charge in [0.15, 0.2) is 0 Å². The summed E-state index contributed by atoms with van der Waals surface area (Å²) in [5.74, 6) is 0.261. The van der Waals surface area contributed by atoms with Gasteiger partial charge >= 0.3 is 0 Å². The van der Waals surface area contributed by atoms with Gasteiger partial charge in [-0.05, 0) is 49.4 Å². The van der Waals surface area contributed by atoms with E-state index < -0.39 is 0 Å². The summed E-state index contributed by atoms with van der Waals surface area (Å²) in [5, 5.41) is 5.82. The van der Waals surface area contributed by atoms with Gasteiger partial charge in [0.1, 0.15) is 0 Å². The molecule has 1 atom stereocenters. The Labute approximate surface area is 158 Å². The Balaban J connectivity index is 2.20. The molecular weight excluding hydrogens is 346 g/mol. The third kappa shape index (κ3) is 5.09. The summed E-state index contributed by atoms with van der Waals surface area (Å²) in [7, 11) is 0. The monoisotopic (exact) mass is 371 g/mol. The Morgan fingerprint density at radius 3 is 2.35 bits per heavy atom. The fourth-order valence-corrected chi connectivity index (χ4v) is 3.24. The molecule has 0 bridgehead atoms. The number of rotatable bonds is 7. The number of carbonyl (C=O) groups excluding carboxylic acids is 2. The number of amides is 2. The first kappa shape index (κ1) is 20.0. The average molecular weight is 372 g/mol. The van der Waals surface area contributed by atoms with Crippen LogP contribution in [0.2, 0.25) is 0 Å². The van der Waals surface area contributed by atoms with Crippen LogP contribution >= 0.6 is 11.8 Å². The SMILES string of the molecule is CSC[C@H](C)NC(=O)c1ccccc1C(=O)Nc1ccc(CN)cc1C. The molecule has 26 heavy (non-hydrogen) atoms. The Morgan fingerprint density at radius 2 is 1.77 bits per heavy atom. The van der Waals surface area contributed by atoms with Crippen molar-refractivity contribution in [2.45, 2.75) is 26.4 Å². The highest BCUT2D eigenvalue weighted by molar-refractivity contribution is 7.98. The molecule has 0 aromatic heterocycles. The first-order valence-corrected chi connectivity index (χ1v) is 9.85. The van der Waals surface area contributed by atoms with Crippen LogP contribution in [0.4, 0.5) is 5.69 Å². The molecule has 0 aliphatic carbocycles. The first-order chi connectivity index (χ1) is 12.5. The fourth-order valence-electron chi connectivity index (χ4n) is 2.65. The van der Waals surface area contributed by atoms with Gasteiger partial charge in [0.2, 0.25) is 0 Å². The van der Waals surface area contributed by atoms with E-state index >= 15 is 0 Å². The molecule has 0 spiro atoms. The number of nitrogens with one attached hydrogen (secondary N) is 2. The van der Waals surface area contributed by atoms with Crippen molar-refractivity contribution in [3.63, 3.8) is 0 Å². The number of carbonyl (C=O) groups is 2. The number of hydrogen-bond acceptors (Lipinski definition) is 4. The molecule has 2 aromatic rings. The maximum absolute atomic E-state index is 12.7. The Kier molecular flexibility index (Phi) is 7.24. The van der Waals surface area contributed by atoms with Gasteiger partial charge in [-0.25, -0.2) is 0 Å². The number of thioether (sulfide) groups is 1. The second kappa shape index (κ2) is 9.40. The van der Waals surface area contributed by atoms with Crippen LogP contribution < -0.4 is 16.4 Å². The van der Waals surface area contributed by atoms with Gasteiger partial charge in [-0.3, -0.25) is 9.59 Å². The van der Waals surface area contributed by atoms with E-state index in [1.54, 1.807) is 36.0 Å². The Morgan fingerprint density at radius 1 is 1.12 bits per heavy atom. The highest BCUT2D eigenvalue weighted by Gasteiger charge is 2.18. The van der Waals surface area contributed by atoms with E-state index in [-0.39, 0.29) is 17.9 Å². The highest BCUT2D eigenvalue weighted by atomic mass is 32.2. The lowest BCUT2D eigenvalue weighted by Crippen LogP contribution is -2.35. The van der Waals surface area contributed by atoms with Crippen LogP contribution in [-0.4, -0.2) is 29.9 Å². The zero-order chi connectivity index (χ0) is 19.1. The summed E-state index contributed by atoms with van der Waals surface area (Å²) in [5.41, 5.74) is 9.00. The van der Waals surface area contributed by atoms with Crippen LogP contribution in [0.1, 0.15) is 38.8 Å². The summed E-state index contributed by atoms with van der Waals surface area (Å²) in [4.78, 5) is 25.3. The van der Waals surface area contributed by atoms with Gasteiger partial charge in [-0.1, -0.05) is 24.3 Å². The van der Waals surface area contributed by atoms with Gasteiger partial charge in [0.25, 0.3) is 11.8 Å². The van der Waals surface area contributed by atoms with E-state index in [4.69, 9.17) is 5.73 Å². The average Bonchev–Trinajstić information content (AvgIpc) is 2.63. The maximum atomic E-state index is 12.7. The molecule has 0 unspecified atom stereocenters. The second-order valence-corrected chi connectivity index (χ2v) is 7.09. The van der Waals surface area contributed by atoms with E-state index in [1.807, 2.05) is 38.3 Å². The predicted octanol–water partition coefficient (Wildman–Crippen LogP) is 3.19. The van der Waals surface area contributed by atoms with Crippen molar-refractivity contribution in [3.05, 3.63) is 64.7 Å². The molecule has 2 rings (SSSR count). The zero-order valence-electron chi connectivity index (χ0n) is 15.3. The van der Waals surface area contributed by atoms with Crippen LogP contribution in [-0.2, 0) is 6.54 Å². The maximum Gasteiger partial charge on any atom is 0.256 e. The van der Waals surface area contributed by atoms with Crippen molar-refractivity contribution in [2.75, 3.05) is 17.3 Å². The fraction of sp³-hybridized carbons (Fsp3) is 0.300. The molecule has 2 amide bonds. The van der Waals surface area contributed by atoms with E-state index in [1.165, 1.54) is 0 Å². The molecular formula is C20H25N3O2S. The van der Waals surface area contributed by atoms with Crippen LogP contribution in [0.5, 0.6) is 0 Å². The summed E-state index contributed by atoms with van der Waals surface area (Å²) < 4.78 is 0. The van der Waals surface area contributed by atoms with Crippen molar-refractivity contribution in [1.29, 1.82) is 0 Å². The van der Waals surface area contributed by atoms with Gasteiger partial charge in [-0.15, -0.1) is 0 Å². The number of benzene rings is 2. The van der Waals surface area contributed by atoms with Gasteiger partial charge in [0, 0.05) is 24.0 Å². The molecule has 5 nitrogen and oxygen atoms in total. The third-order valence-electron chi connectivity index (χ3n) is 3.99. The van der Waals surface area contributed by atoms with E-state index in [0.29, 0.717) is 23.4 Å². The molecule has 4 N–H and O–H groups in total. The smallest absolute Gasteiger partial charge is 0.256 e. The first-order valence-electron chi connectivity index (χ1n) is 8.46. The van der Waals surface area contributed by atoms with Gasteiger partial charge in [-0.2, -0.15) is 11.8 Å². The summed E-state index contributed by atoms with van der Waals surface area (Å²) in [6, 6.07) is 12.5. The lowest BCUT2D eigenvalue weighted by molar-refractivity contribution is 0.0931. The molecule has 0 radical (unpaired) electrons. The molecule has 6 heteroatoms. The second-order valence-electron chi connectivity index (χ2n) is 6.18. The molecule has 0 aliphatic heterocycles. The third-order valence-corrected chi connectivity index (χ3v) is 4.82. The van der Waals surface area contributed by atoms with Gasteiger partial charge < -0.3 is 16.4 Å². The largest absolute Gasteiger partial charge is 0.349 e. The Bertz CT molecular complexity index is 792. The van der Waals surface area contributed by atoms with Crippen molar-refractivity contribution >= 4 is 29.3 Å². The van der Waals surface area contributed by atoms with Crippen molar-refractivity contribution in [3.8, 4) is 0 Å². The quantitative estimate of drug-likeness (QED) is 0.698. The topological polar surface area (TPSA) is 84.2 Å². The molecule has 0 saturated heterocycles. The molecule has 0 heterocycles. The number of anilines is 1. The molecule has 0 aliphatic rings. The summed E-state index contributed by atoms with van der Waals surface area (Å²) in [6.45, 7) is 4.31. The normalized spacial score (nSPS) is 11.7. The molecule has 138 valence electrons. The molecule has 0 saturated carbocycles. The van der Waals surface area contributed by atoms with Crippen LogP contribution in [0.15, 0.2) is 42.5 Å². The Hall–Kier alpha value is -2.31. The summed E-state index contributed by atoms with van der Waals surface area (Å²) in [6.07, 6.45) is 1.99. The standard InChI is InChI=1S/C20H25N3O2S/c1-13-10-15(11-21)8-9-18(13)23-20(25)17-7-5-4-6-16(17)19(24)22-14(2)12-26-3/h4-10,14H,11-12,21H2,1-3H3,(H,22,24)(H,23,25)/t14-/m0/s1. The number of hydrogen-bond donors (Lipinski definition) is 3. The van der Waals surface area contributed by atoms with E-state index in [9.17, 15) is 9.59 Å². The van der Waals surface area contributed by atoms with Crippen molar-refractivity contribution in [2.24, 2.45) is 5.73 Å². The number of nitrogens with two attached hydrogens (primary N) is 1. The van der Waals surface area contributed by atoms with Crippen LogP contribution in [0.3, 0.4) is 0 Å².